The number of rotatable bonds is 7. The molecule has 1 unspecified atom stereocenters. The number of thioether (sulfide) groups is 1. The number of hydrogen-bond acceptors (Lipinski definition) is 5. The largest absolute Gasteiger partial charge is 0.480 e. The molecule has 3 rings (SSSR count). The van der Waals surface area contributed by atoms with E-state index in [9.17, 15) is 9.90 Å². The Morgan fingerprint density at radius 3 is 2.40 bits per heavy atom. The van der Waals surface area contributed by atoms with Gasteiger partial charge in [0.25, 0.3) is 0 Å². The van der Waals surface area contributed by atoms with Crippen LogP contribution in [-0.4, -0.2) is 38.1 Å². The third-order valence-electron chi connectivity index (χ3n) is 3.84. The third kappa shape index (κ3) is 4.26. The van der Waals surface area contributed by atoms with Gasteiger partial charge in [0.15, 0.2) is 11.0 Å². The van der Waals surface area contributed by atoms with Crippen LogP contribution in [0.1, 0.15) is 11.5 Å². The summed E-state index contributed by atoms with van der Waals surface area (Å²) in [5.41, 5.74) is 7.71. The Morgan fingerprint density at radius 2 is 1.76 bits per heavy atom. The van der Waals surface area contributed by atoms with Gasteiger partial charge in [0.1, 0.15) is 6.04 Å². The average Bonchev–Trinajstić information content (AvgIpc) is 3.12. The molecule has 128 valence electrons. The fourth-order valence-electron chi connectivity index (χ4n) is 2.48. The van der Waals surface area contributed by atoms with Gasteiger partial charge in [-0.05, 0) is 5.56 Å². The van der Waals surface area contributed by atoms with E-state index in [-0.39, 0.29) is 5.92 Å². The second-order valence-electron chi connectivity index (χ2n) is 5.52. The maximum Gasteiger partial charge on any atom is 0.321 e. The number of benzene rings is 2. The Morgan fingerprint density at radius 1 is 1.12 bits per heavy atom. The van der Waals surface area contributed by atoms with Gasteiger partial charge in [0.05, 0.1) is 0 Å². The minimum Gasteiger partial charge on any atom is -0.480 e. The summed E-state index contributed by atoms with van der Waals surface area (Å²) in [6.07, 6.45) is 0. The third-order valence-corrected chi connectivity index (χ3v) is 4.82. The van der Waals surface area contributed by atoms with Crippen LogP contribution in [0.5, 0.6) is 0 Å². The predicted octanol–water partition coefficient (Wildman–Crippen LogP) is 2.76. The Labute approximate surface area is 149 Å². The summed E-state index contributed by atoms with van der Waals surface area (Å²) in [5.74, 6) is -0.242. The second-order valence-corrected chi connectivity index (χ2v) is 6.53. The first-order valence-corrected chi connectivity index (χ1v) is 8.77. The van der Waals surface area contributed by atoms with Crippen LogP contribution in [0, 0.1) is 0 Å². The summed E-state index contributed by atoms with van der Waals surface area (Å²) in [4.78, 5) is 15.8. The van der Waals surface area contributed by atoms with Crippen LogP contribution in [0.25, 0.3) is 11.4 Å². The van der Waals surface area contributed by atoms with Gasteiger partial charge in [0.2, 0.25) is 0 Å². The van der Waals surface area contributed by atoms with Crippen molar-refractivity contribution in [2.75, 3.05) is 5.75 Å². The van der Waals surface area contributed by atoms with Crippen LogP contribution in [-0.2, 0) is 4.79 Å². The molecular formula is C18H18N4O2S. The van der Waals surface area contributed by atoms with Crippen molar-refractivity contribution < 1.29 is 9.90 Å². The molecule has 7 heteroatoms. The Bertz CT molecular complexity index is 823. The average molecular weight is 354 g/mol. The molecule has 2 atom stereocenters. The van der Waals surface area contributed by atoms with E-state index in [1.165, 1.54) is 11.8 Å². The zero-order valence-electron chi connectivity index (χ0n) is 13.4. The highest BCUT2D eigenvalue weighted by atomic mass is 32.2. The normalized spacial score (nSPS) is 13.3. The lowest BCUT2D eigenvalue weighted by Crippen LogP contribution is -2.37. The molecule has 0 saturated heterocycles. The van der Waals surface area contributed by atoms with Crippen LogP contribution < -0.4 is 5.73 Å². The zero-order valence-corrected chi connectivity index (χ0v) is 14.2. The molecule has 0 radical (unpaired) electrons. The van der Waals surface area contributed by atoms with Crippen molar-refractivity contribution >= 4 is 17.7 Å². The fourth-order valence-corrected chi connectivity index (χ4v) is 3.47. The highest BCUT2D eigenvalue weighted by molar-refractivity contribution is 7.99. The fraction of sp³-hybridized carbons (Fsp3) is 0.167. The molecule has 25 heavy (non-hydrogen) atoms. The van der Waals surface area contributed by atoms with Crippen LogP contribution >= 0.6 is 11.8 Å². The molecule has 0 bridgehead atoms. The monoisotopic (exact) mass is 354 g/mol. The van der Waals surface area contributed by atoms with Gasteiger partial charge in [-0.2, -0.15) is 5.10 Å². The topological polar surface area (TPSA) is 105 Å². The van der Waals surface area contributed by atoms with Gasteiger partial charge < -0.3 is 10.8 Å². The highest BCUT2D eigenvalue weighted by Crippen LogP contribution is 2.27. The van der Waals surface area contributed by atoms with Crippen LogP contribution in [0.2, 0.25) is 0 Å². The molecule has 0 aliphatic carbocycles. The van der Waals surface area contributed by atoms with Gasteiger partial charge in [-0.25, -0.2) is 4.98 Å². The van der Waals surface area contributed by atoms with Crippen LogP contribution in [0.4, 0.5) is 0 Å². The van der Waals surface area contributed by atoms with E-state index in [4.69, 9.17) is 5.73 Å². The van der Waals surface area contributed by atoms with Crippen molar-refractivity contribution in [1.29, 1.82) is 0 Å². The summed E-state index contributed by atoms with van der Waals surface area (Å²) in [6, 6.07) is 18.1. The smallest absolute Gasteiger partial charge is 0.321 e. The molecule has 2 aromatic carbocycles. The molecule has 0 amide bonds. The summed E-state index contributed by atoms with van der Waals surface area (Å²) >= 11 is 1.41. The van der Waals surface area contributed by atoms with Crippen molar-refractivity contribution in [2.24, 2.45) is 5.73 Å². The molecule has 0 fully saturated rings. The molecule has 0 saturated carbocycles. The van der Waals surface area contributed by atoms with Crippen molar-refractivity contribution in [3.05, 3.63) is 66.2 Å². The van der Waals surface area contributed by atoms with Gasteiger partial charge in [-0.1, -0.05) is 72.4 Å². The lowest BCUT2D eigenvalue weighted by atomic mass is 9.94. The number of carbonyl (C=O) groups is 1. The number of aliphatic carboxylic acids is 1. The summed E-state index contributed by atoms with van der Waals surface area (Å²) in [6.45, 7) is 0. The molecule has 3 aromatic rings. The zero-order chi connectivity index (χ0) is 17.6. The van der Waals surface area contributed by atoms with E-state index in [2.05, 4.69) is 15.2 Å². The van der Waals surface area contributed by atoms with Gasteiger partial charge in [-0.3, -0.25) is 9.89 Å². The van der Waals surface area contributed by atoms with Gasteiger partial charge in [-0.15, -0.1) is 0 Å². The van der Waals surface area contributed by atoms with Crippen LogP contribution in [0.15, 0.2) is 65.8 Å². The van der Waals surface area contributed by atoms with E-state index in [0.29, 0.717) is 16.7 Å². The quantitative estimate of drug-likeness (QED) is 0.564. The molecule has 6 nitrogen and oxygen atoms in total. The maximum atomic E-state index is 11.3. The van der Waals surface area contributed by atoms with E-state index < -0.39 is 12.0 Å². The number of hydrogen-bond donors (Lipinski definition) is 3. The van der Waals surface area contributed by atoms with Crippen molar-refractivity contribution in [3.63, 3.8) is 0 Å². The number of H-pyrrole nitrogens is 1. The van der Waals surface area contributed by atoms with Gasteiger partial charge >= 0.3 is 5.97 Å². The lowest BCUT2D eigenvalue weighted by Gasteiger charge is -2.20. The number of nitrogens with one attached hydrogen (secondary N) is 1. The van der Waals surface area contributed by atoms with E-state index >= 15 is 0 Å². The standard InChI is InChI=1S/C18H18N4O2S/c19-15(17(23)24)14(12-7-3-1-4-8-12)11-25-18-20-16(21-22-18)13-9-5-2-6-10-13/h1-10,14-15H,11,19H2,(H,23,24)(H,20,21,22)/t14?,15-/m0/s1. The molecule has 1 heterocycles. The number of aromatic nitrogens is 3. The maximum absolute atomic E-state index is 11.3. The number of nitrogens with two attached hydrogens (primary N) is 1. The van der Waals surface area contributed by atoms with Crippen molar-refractivity contribution in [1.82, 2.24) is 15.2 Å². The number of carboxylic acids is 1. The Balaban J connectivity index is 1.73. The highest BCUT2D eigenvalue weighted by Gasteiger charge is 2.26. The Hall–Kier alpha value is -2.64. The first-order chi connectivity index (χ1) is 12.1. The summed E-state index contributed by atoms with van der Waals surface area (Å²) in [5, 5.41) is 17.0. The predicted molar refractivity (Wildman–Crippen MR) is 97.3 cm³/mol. The summed E-state index contributed by atoms with van der Waals surface area (Å²) < 4.78 is 0. The first-order valence-electron chi connectivity index (χ1n) is 7.79. The second kappa shape index (κ2) is 7.96. The molecule has 0 aliphatic rings. The molecular weight excluding hydrogens is 336 g/mol. The van der Waals surface area contributed by atoms with Crippen molar-refractivity contribution in [2.45, 2.75) is 17.1 Å². The SMILES string of the molecule is N[C@H](C(=O)O)C(CSc1nc(-c2ccccc2)n[nH]1)c1ccccc1. The van der Waals surface area contributed by atoms with E-state index in [1.54, 1.807) is 0 Å². The lowest BCUT2D eigenvalue weighted by molar-refractivity contribution is -0.138. The van der Waals surface area contributed by atoms with E-state index in [0.717, 1.165) is 11.1 Å². The first kappa shape index (κ1) is 17.2. The van der Waals surface area contributed by atoms with Crippen LogP contribution in [0.3, 0.4) is 0 Å². The molecule has 0 spiro atoms. The Kier molecular flexibility index (Phi) is 5.47. The number of aromatic amines is 1. The molecule has 4 N–H and O–H groups in total. The molecule has 1 aromatic heterocycles. The van der Waals surface area contributed by atoms with Crippen molar-refractivity contribution in [3.8, 4) is 11.4 Å². The number of nitrogens with zero attached hydrogens (tertiary/aromatic N) is 2. The van der Waals surface area contributed by atoms with E-state index in [1.807, 2.05) is 60.7 Å². The van der Waals surface area contributed by atoms with Gasteiger partial charge in [0, 0.05) is 17.2 Å². The minimum absolute atomic E-state index is 0.325. The minimum atomic E-state index is -1.02. The molecule has 0 aliphatic heterocycles. The summed E-state index contributed by atoms with van der Waals surface area (Å²) in [7, 11) is 0. The number of carboxylic acid groups (broad SMARTS) is 1.